The van der Waals surface area contributed by atoms with E-state index in [1.54, 1.807) is 38.5 Å². The summed E-state index contributed by atoms with van der Waals surface area (Å²) in [5.41, 5.74) is 7.39. The molecule has 4 rings (SSSR count). The van der Waals surface area contributed by atoms with Gasteiger partial charge in [0.2, 0.25) is 5.95 Å². The molecular weight excluding hydrogens is 387 g/mol. The number of halogens is 1. The number of rotatable bonds is 5. The van der Waals surface area contributed by atoms with Crippen molar-refractivity contribution in [2.45, 2.75) is 12.8 Å². The lowest BCUT2D eigenvalue weighted by Crippen LogP contribution is -2.37. The van der Waals surface area contributed by atoms with E-state index in [0.29, 0.717) is 65.7 Å². The predicted octanol–water partition coefficient (Wildman–Crippen LogP) is 3.47. The summed E-state index contributed by atoms with van der Waals surface area (Å²) < 4.78 is 23.8. The molecular formula is C22H23FN4O3. The van der Waals surface area contributed by atoms with Crippen molar-refractivity contribution in [1.82, 2.24) is 9.97 Å². The molecule has 0 saturated carbocycles. The number of fused-ring (bicyclic) bond motifs is 1. The first kappa shape index (κ1) is 19.9. The standard InChI is InChI=1S/C22H23FN4O3/c1-29-18-11-16-17(12-19(18)30-2)25-22(26-21(16)24)27-9-7-14(8-10-27)20(28)13-3-5-15(23)6-4-13/h3-6,11-12,14H,7-10H2,1-2H3,(H2,24,25,26). The Balaban J connectivity index is 1.53. The molecule has 8 heteroatoms. The summed E-state index contributed by atoms with van der Waals surface area (Å²) in [6.45, 7) is 1.27. The second-order valence-electron chi connectivity index (χ2n) is 7.27. The number of ether oxygens (including phenoxy) is 2. The molecule has 1 aromatic heterocycles. The number of carbonyl (C=O) groups is 1. The van der Waals surface area contributed by atoms with Gasteiger partial charge in [-0.1, -0.05) is 0 Å². The van der Waals surface area contributed by atoms with Crippen LogP contribution in [0.1, 0.15) is 23.2 Å². The van der Waals surface area contributed by atoms with E-state index in [1.165, 1.54) is 12.1 Å². The molecule has 0 bridgehead atoms. The average Bonchev–Trinajstić information content (AvgIpc) is 2.78. The lowest BCUT2D eigenvalue weighted by atomic mass is 9.89. The van der Waals surface area contributed by atoms with E-state index in [0.717, 1.165) is 0 Å². The fraction of sp³-hybridized carbons (Fsp3) is 0.318. The van der Waals surface area contributed by atoms with Crippen LogP contribution in [0.5, 0.6) is 11.5 Å². The Morgan fingerprint density at radius 1 is 1.07 bits per heavy atom. The molecule has 2 aromatic carbocycles. The molecule has 0 unspecified atom stereocenters. The fourth-order valence-electron chi connectivity index (χ4n) is 3.80. The molecule has 1 fully saturated rings. The van der Waals surface area contributed by atoms with Crippen LogP contribution in [0, 0.1) is 11.7 Å². The first-order valence-corrected chi connectivity index (χ1v) is 9.74. The third-order valence-corrected chi connectivity index (χ3v) is 5.50. The van der Waals surface area contributed by atoms with Gasteiger partial charge in [0.25, 0.3) is 0 Å². The summed E-state index contributed by atoms with van der Waals surface area (Å²) in [7, 11) is 3.13. The Morgan fingerprint density at radius 2 is 1.70 bits per heavy atom. The highest BCUT2D eigenvalue weighted by molar-refractivity contribution is 5.98. The van der Waals surface area contributed by atoms with Crippen LogP contribution in [-0.4, -0.2) is 43.1 Å². The van der Waals surface area contributed by atoms with Crippen LogP contribution in [-0.2, 0) is 0 Å². The summed E-state index contributed by atoms with van der Waals surface area (Å²) in [6.07, 6.45) is 1.34. The van der Waals surface area contributed by atoms with Crippen molar-refractivity contribution in [3.8, 4) is 11.5 Å². The fourth-order valence-corrected chi connectivity index (χ4v) is 3.80. The second kappa shape index (κ2) is 8.14. The number of ketones is 1. The topological polar surface area (TPSA) is 90.6 Å². The quantitative estimate of drug-likeness (QED) is 0.644. The Labute approximate surface area is 173 Å². The van der Waals surface area contributed by atoms with Gasteiger partial charge in [0.15, 0.2) is 17.3 Å². The number of nitrogens with zero attached hydrogens (tertiary/aromatic N) is 3. The number of anilines is 2. The van der Waals surface area contributed by atoms with Gasteiger partial charge in [0.05, 0.1) is 19.7 Å². The number of carbonyl (C=O) groups excluding carboxylic acids is 1. The highest BCUT2D eigenvalue weighted by Gasteiger charge is 2.27. The Kier molecular flexibility index (Phi) is 5.39. The summed E-state index contributed by atoms with van der Waals surface area (Å²) in [5.74, 6) is 1.62. The van der Waals surface area contributed by atoms with Crippen LogP contribution in [0.2, 0.25) is 0 Å². The third-order valence-electron chi connectivity index (χ3n) is 5.50. The number of benzene rings is 2. The molecule has 1 saturated heterocycles. The maximum atomic E-state index is 13.1. The van der Waals surface area contributed by atoms with Gasteiger partial charge in [-0.05, 0) is 43.2 Å². The molecule has 0 amide bonds. The lowest BCUT2D eigenvalue weighted by Gasteiger charge is -2.31. The van der Waals surface area contributed by atoms with Crippen LogP contribution in [0.3, 0.4) is 0 Å². The number of hydrogen-bond donors (Lipinski definition) is 1. The molecule has 0 spiro atoms. The molecule has 156 valence electrons. The molecule has 7 nitrogen and oxygen atoms in total. The Hall–Kier alpha value is -3.42. The number of aromatic nitrogens is 2. The van der Waals surface area contributed by atoms with Gasteiger partial charge in [0.1, 0.15) is 11.6 Å². The smallest absolute Gasteiger partial charge is 0.227 e. The molecule has 0 aliphatic carbocycles. The SMILES string of the molecule is COc1cc2nc(N3CCC(C(=O)c4ccc(F)cc4)CC3)nc(N)c2cc1OC. The predicted molar refractivity (Wildman–Crippen MR) is 113 cm³/mol. The zero-order valence-corrected chi connectivity index (χ0v) is 16.9. The van der Waals surface area contributed by atoms with Crippen LogP contribution in [0.15, 0.2) is 36.4 Å². The van der Waals surface area contributed by atoms with Gasteiger partial charge in [0, 0.05) is 36.0 Å². The first-order valence-electron chi connectivity index (χ1n) is 9.74. The molecule has 1 aliphatic heterocycles. The number of nitrogen functional groups attached to an aromatic ring is 1. The molecule has 2 heterocycles. The van der Waals surface area contributed by atoms with E-state index < -0.39 is 0 Å². The minimum absolute atomic E-state index is 0.0467. The molecule has 0 radical (unpaired) electrons. The minimum atomic E-state index is -0.346. The van der Waals surface area contributed by atoms with E-state index in [4.69, 9.17) is 15.2 Å². The van der Waals surface area contributed by atoms with Crippen molar-refractivity contribution in [2.75, 3.05) is 37.9 Å². The molecule has 3 aromatic rings. The average molecular weight is 410 g/mol. The van der Waals surface area contributed by atoms with Crippen LogP contribution < -0.4 is 20.1 Å². The molecule has 2 N–H and O–H groups in total. The van der Waals surface area contributed by atoms with Gasteiger partial charge < -0.3 is 20.1 Å². The van der Waals surface area contributed by atoms with Crippen LogP contribution >= 0.6 is 0 Å². The highest BCUT2D eigenvalue weighted by atomic mass is 19.1. The Morgan fingerprint density at radius 3 is 2.33 bits per heavy atom. The number of nitrogens with two attached hydrogens (primary N) is 1. The van der Waals surface area contributed by atoms with E-state index >= 15 is 0 Å². The van der Waals surface area contributed by atoms with Crippen molar-refractivity contribution in [2.24, 2.45) is 5.92 Å². The minimum Gasteiger partial charge on any atom is -0.493 e. The number of piperidine rings is 1. The maximum Gasteiger partial charge on any atom is 0.227 e. The summed E-state index contributed by atoms with van der Waals surface area (Å²) >= 11 is 0. The van der Waals surface area contributed by atoms with Gasteiger partial charge in [-0.3, -0.25) is 4.79 Å². The van der Waals surface area contributed by atoms with Gasteiger partial charge in [-0.25, -0.2) is 9.37 Å². The van der Waals surface area contributed by atoms with Gasteiger partial charge >= 0.3 is 0 Å². The number of methoxy groups -OCH3 is 2. The summed E-state index contributed by atoms with van der Waals surface area (Å²) in [4.78, 5) is 23.8. The normalized spacial score (nSPS) is 14.7. The largest absolute Gasteiger partial charge is 0.493 e. The van der Waals surface area contributed by atoms with Gasteiger partial charge in [-0.15, -0.1) is 0 Å². The number of hydrogen-bond acceptors (Lipinski definition) is 7. The molecule has 1 aliphatic rings. The van der Waals surface area contributed by atoms with E-state index in [2.05, 4.69) is 9.97 Å². The summed E-state index contributed by atoms with van der Waals surface area (Å²) in [5, 5.41) is 0.692. The maximum absolute atomic E-state index is 13.1. The van der Waals surface area contributed by atoms with Crippen molar-refractivity contribution in [1.29, 1.82) is 0 Å². The second-order valence-corrected chi connectivity index (χ2v) is 7.27. The van der Waals surface area contributed by atoms with Crippen molar-refractivity contribution >= 4 is 28.5 Å². The van der Waals surface area contributed by atoms with Crippen LogP contribution in [0.4, 0.5) is 16.2 Å². The lowest BCUT2D eigenvalue weighted by molar-refractivity contribution is 0.0900. The molecule has 0 atom stereocenters. The summed E-state index contributed by atoms with van der Waals surface area (Å²) in [6, 6.07) is 9.26. The number of Topliss-reactive ketones (excluding diaryl/α,β-unsaturated/α-hetero) is 1. The van der Waals surface area contributed by atoms with Crippen molar-refractivity contribution in [3.63, 3.8) is 0 Å². The first-order chi connectivity index (χ1) is 14.5. The van der Waals surface area contributed by atoms with E-state index in [1.807, 2.05) is 4.90 Å². The zero-order chi connectivity index (χ0) is 21.3. The van der Waals surface area contributed by atoms with Crippen molar-refractivity contribution in [3.05, 3.63) is 47.8 Å². The van der Waals surface area contributed by atoms with Crippen molar-refractivity contribution < 1.29 is 18.7 Å². The third kappa shape index (κ3) is 3.72. The monoisotopic (exact) mass is 410 g/mol. The van der Waals surface area contributed by atoms with E-state index in [9.17, 15) is 9.18 Å². The highest BCUT2D eigenvalue weighted by Crippen LogP contribution is 2.34. The van der Waals surface area contributed by atoms with Crippen LogP contribution in [0.25, 0.3) is 10.9 Å². The van der Waals surface area contributed by atoms with E-state index in [-0.39, 0.29) is 17.5 Å². The zero-order valence-electron chi connectivity index (χ0n) is 16.9. The van der Waals surface area contributed by atoms with Gasteiger partial charge in [-0.2, -0.15) is 4.98 Å². The molecule has 30 heavy (non-hydrogen) atoms. The Bertz CT molecular complexity index is 1080.